The van der Waals surface area contributed by atoms with E-state index in [0.29, 0.717) is 12.0 Å². The number of aryl methyl sites for hydroxylation is 1. The zero-order chi connectivity index (χ0) is 13.6. The minimum atomic E-state index is 0.618. The van der Waals surface area contributed by atoms with E-state index in [4.69, 9.17) is 5.26 Å². The van der Waals surface area contributed by atoms with Crippen molar-refractivity contribution >= 4 is 10.9 Å². The van der Waals surface area contributed by atoms with Gasteiger partial charge in [0.15, 0.2) is 0 Å². The highest BCUT2D eigenvalue weighted by Crippen LogP contribution is 2.47. The van der Waals surface area contributed by atoms with Gasteiger partial charge in [0.25, 0.3) is 0 Å². The van der Waals surface area contributed by atoms with Crippen molar-refractivity contribution in [3.8, 4) is 6.07 Å². The normalized spacial score (nSPS) is 21.8. The van der Waals surface area contributed by atoms with Crippen molar-refractivity contribution in [3.05, 3.63) is 35.0 Å². The number of nitrogens with zero attached hydrogens (tertiary/aromatic N) is 2. The molecule has 3 heteroatoms. The summed E-state index contributed by atoms with van der Waals surface area (Å²) in [7, 11) is 4.29. The van der Waals surface area contributed by atoms with Gasteiger partial charge in [-0.1, -0.05) is 6.92 Å². The number of nitrogens with one attached hydrogen (secondary N) is 1. The SMILES string of the molecule is CCc1[nH]c2ccc(C#N)cc2c1[C@H]1C[C@@H]1N(C)C. The fourth-order valence-corrected chi connectivity index (χ4v) is 3.10. The highest BCUT2D eigenvalue weighted by atomic mass is 15.1. The van der Waals surface area contributed by atoms with Gasteiger partial charge in [-0.3, -0.25) is 0 Å². The Morgan fingerprint density at radius 3 is 2.79 bits per heavy atom. The van der Waals surface area contributed by atoms with E-state index in [1.807, 2.05) is 18.2 Å². The lowest BCUT2D eigenvalue weighted by Crippen LogP contribution is -2.15. The lowest BCUT2D eigenvalue weighted by atomic mass is 10.0. The second-order valence-corrected chi connectivity index (χ2v) is 5.62. The van der Waals surface area contributed by atoms with Gasteiger partial charge in [0.1, 0.15) is 0 Å². The summed E-state index contributed by atoms with van der Waals surface area (Å²) in [5, 5.41) is 10.3. The van der Waals surface area contributed by atoms with Crippen LogP contribution in [0.5, 0.6) is 0 Å². The molecule has 1 aromatic heterocycles. The average Bonchev–Trinajstić information content (AvgIpc) is 3.12. The molecule has 1 heterocycles. The van der Waals surface area contributed by atoms with Gasteiger partial charge in [-0.25, -0.2) is 0 Å². The van der Waals surface area contributed by atoms with Crippen LogP contribution in [0.3, 0.4) is 0 Å². The molecule has 0 unspecified atom stereocenters. The van der Waals surface area contributed by atoms with Crippen LogP contribution in [0.2, 0.25) is 0 Å². The molecule has 98 valence electrons. The fraction of sp³-hybridized carbons (Fsp3) is 0.438. The number of rotatable bonds is 3. The Morgan fingerprint density at radius 2 is 2.21 bits per heavy atom. The molecule has 0 amide bonds. The van der Waals surface area contributed by atoms with E-state index in [2.05, 4.69) is 37.0 Å². The van der Waals surface area contributed by atoms with Gasteiger partial charge < -0.3 is 9.88 Å². The molecule has 1 aliphatic carbocycles. The zero-order valence-electron chi connectivity index (χ0n) is 11.7. The summed E-state index contributed by atoms with van der Waals surface area (Å²) >= 11 is 0. The summed E-state index contributed by atoms with van der Waals surface area (Å²) in [6, 6.07) is 8.84. The van der Waals surface area contributed by atoms with Crippen molar-refractivity contribution in [3.63, 3.8) is 0 Å². The van der Waals surface area contributed by atoms with Gasteiger partial charge in [-0.2, -0.15) is 5.26 Å². The molecule has 0 radical (unpaired) electrons. The van der Waals surface area contributed by atoms with Crippen LogP contribution in [-0.4, -0.2) is 30.0 Å². The third kappa shape index (κ3) is 1.93. The van der Waals surface area contributed by atoms with Gasteiger partial charge in [0.2, 0.25) is 0 Å². The first-order chi connectivity index (χ1) is 9.15. The Kier molecular flexibility index (Phi) is 2.83. The van der Waals surface area contributed by atoms with Crippen molar-refractivity contribution < 1.29 is 0 Å². The Balaban J connectivity index is 2.13. The van der Waals surface area contributed by atoms with Crippen LogP contribution in [0.4, 0.5) is 0 Å². The zero-order valence-corrected chi connectivity index (χ0v) is 11.7. The van der Waals surface area contributed by atoms with Crippen molar-refractivity contribution in [2.24, 2.45) is 0 Å². The van der Waals surface area contributed by atoms with Gasteiger partial charge >= 0.3 is 0 Å². The molecule has 2 aromatic rings. The maximum Gasteiger partial charge on any atom is 0.0991 e. The minimum Gasteiger partial charge on any atom is -0.358 e. The predicted molar refractivity (Wildman–Crippen MR) is 77.2 cm³/mol. The Labute approximate surface area is 113 Å². The van der Waals surface area contributed by atoms with E-state index in [-0.39, 0.29) is 0 Å². The monoisotopic (exact) mass is 253 g/mol. The number of nitriles is 1. The molecule has 0 bridgehead atoms. The number of likely N-dealkylation sites (N-methyl/N-ethyl adjacent to an activating group) is 1. The molecule has 1 aromatic carbocycles. The fourth-order valence-electron chi connectivity index (χ4n) is 3.10. The standard InChI is InChI=1S/C16H19N3/c1-4-13-16(12-8-15(12)19(2)3)11-7-10(9-17)5-6-14(11)18-13/h5-7,12,15,18H,4,8H2,1-3H3/t12-,15-/m0/s1. The van der Waals surface area contributed by atoms with Crippen LogP contribution >= 0.6 is 0 Å². The summed E-state index contributed by atoms with van der Waals surface area (Å²) in [5.74, 6) is 0.618. The Hall–Kier alpha value is -1.79. The van der Waals surface area contributed by atoms with Crippen LogP contribution in [0, 0.1) is 11.3 Å². The van der Waals surface area contributed by atoms with E-state index in [1.54, 1.807) is 0 Å². The number of benzene rings is 1. The number of H-pyrrole nitrogens is 1. The van der Waals surface area contributed by atoms with Crippen LogP contribution < -0.4 is 0 Å². The number of aromatic nitrogens is 1. The predicted octanol–water partition coefficient (Wildman–Crippen LogP) is 3.02. The highest BCUT2D eigenvalue weighted by Gasteiger charge is 2.42. The molecule has 19 heavy (non-hydrogen) atoms. The first kappa shape index (κ1) is 12.3. The third-order valence-electron chi connectivity index (χ3n) is 4.19. The maximum atomic E-state index is 9.08. The summed E-state index contributed by atoms with van der Waals surface area (Å²) in [6.45, 7) is 2.19. The molecule has 1 fully saturated rings. The largest absolute Gasteiger partial charge is 0.358 e. The molecule has 3 nitrogen and oxygen atoms in total. The molecular formula is C16H19N3. The summed E-state index contributed by atoms with van der Waals surface area (Å²) < 4.78 is 0. The molecule has 3 rings (SSSR count). The Bertz CT molecular complexity index is 660. The van der Waals surface area contributed by atoms with Crippen molar-refractivity contribution in [1.29, 1.82) is 5.26 Å². The van der Waals surface area contributed by atoms with Gasteiger partial charge in [0, 0.05) is 28.6 Å². The molecule has 0 saturated heterocycles. The minimum absolute atomic E-state index is 0.618. The average molecular weight is 253 g/mol. The van der Waals surface area contributed by atoms with Crippen molar-refractivity contribution in [2.75, 3.05) is 14.1 Å². The Morgan fingerprint density at radius 1 is 1.42 bits per heavy atom. The summed E-state index contributed by atoms with van der Waals surface area (Å²) in [6.07, 6.45) is 2.24. The van der Waals surface area contributed by atoms with Crippen molar-refractivity contribution in [2.45, 2.75) is 31.7 Å². The lowest BCUT2D eigenvalue weighted by molar-refractivity contribution is 0.391. The summed E-state index contributed by atoms with van der Waals surface area (Å²) in [5.41, 5.74) is 4.68. The van der Waals surface area contributed by atoms with Crippen LogP contribution in [-0.2, 0) is 6.42 Å². The molecule has 1 saturated carbocycles. The number of fused-ring (bicyclic) bond motifs is 1. The van der Waals surface area contributed by atoms with E-state index in [0.717, 1.165) is 17.5 Å². The maximum absolute atomic E-state index is 9.08. The first-order valence-electron chi connectivity index (χ1n) is 6.86. The molecule has 0 spiro atoms. The highest BCUT2D eigenvalue weighted by molar-refractivity contribution is 5.87. The van der Waals surface area contributed by atoms with Gasteiger partial charge in [0.05, 0.1) is 11.6 Å². The third-order valence-corrected chi connectivity index (χ3v) is 4.19. The van der Waals surface area contributed by atoms with E-state index in [9.17, 15) is 0 Å². The smallest absolute Gasteiger partial charge is 0.0991 e. The number of aromatic amines is 1. The quantitative estimate of drug-likeness (QED) is 0.913. The van der Waals surface area contributed by atoms with E-state index in [1.165, 1.54) is 23.1 Å². The lowest BCUT2D eigenvalue weighted by Gasteiger charge is -2.09. The number of hydrogen-bond donors (Lipinski definition) is 1. The topological polar surface area (TPSA) is 42.8 Å². The second-order valence-electron chi connectivity index (χ2n) is 5.62. The molecular weight excluding hydrogens is 234 g/mol. The van der Waals surface area contributed by atoms with Crippen LogP contribution in [0.15, 0.2) is 18.2 Å². The number of hydrogen-bond acceptors (Lipinski definition) is 2. The van der Waals surface area contributed by atoms with Crippen LogP contribution in [0.1, 0.15) is 36.1 Å². The molecule has 2 atom stereocenters. The van der Waals surface area contributed by atoms with Gasteiger partial charge in [-0.15, -0.1) is 0 Å². The van der Waals surface area contributed by atoms with Crippen molar-refractivity contribution in [1.82, 2.24) is 9.88 Å². The molecule has 0 aliphatic heterocycles. The molecule has 1 aliphatic rings. The van der Waals surface area contributed by atoms with E-state index >= 15 is 0 Å². The van der Waals surface area contributed by atoms with Gasteiger partial charge in [-0.05, 0) is 50.7 Å². The first-order valence-corrected chi connectivity index (χ1v) is 6.86. The van der Waals surface area contributed by atoms with Crippen LogP contribution in [0.25, 0.3) is 10.9 Å². The molecule has 1 N–H and O–H groups in total. The second kappa shape index (κ2) is 4.40. The van der Waals surface area contributed by atoms with E-state index < -0.39 is 0 Å². The summed E-state index contributed by atoms with van der Waals surface area (Å²) in [4.78, 5) is 5.82.